The third kappa shape index (κ3) is 5.47. The van der Waals surface area contributed by atoms with E-state index in [9.17, 15) is 4.79 Å². The minimum absolute atomic E-state index is 0.133. The van der Waals surface area contributed by atoms with Crippen LogP contribution in [0.4, 0.5) is 0 Å². The van der Waals surface area contributed by atoms with Crippen LogP contribution in [0.15, 0.2) is 0 Å². The number of amides is 1. The van der Waals surface area contributed by atoms with Crippen molar-refractivity contribution in [1.82, 2.24) is 15.5 Å². The van der Waals surface area contributed by atoms with E-state index >= 15 is 0 Å². The Morgan fingerprint density at radius 3 is 2.75 bits per heavy atom. The molecule has 0 radical (unpaired) electrons. The fourth-order valence-electron chi connectivity index (χ4n) is 1.50. The van der Waals surface area contributed by atoms with Crippen LogP contribution in [0.2, 0.25) is 0 Å². The number of likely N-dealkylation sites (N-methyl/N-ethyl adjacent to an activating group) is 1. The van der Waals surface area contributed by atoms with Crippen molar-refractivity contribution >= 4 is 5.91 Å². The molecule has 0 aromatic heterocycles. The molecule has 1 amide bonds. The molecule has 1 unspecified atom stereocenters. The van der Waals surface area contributed by atoms with Gasteiger partial charge in [-0.15, -0.1) is 0 Å². The van der Waals surface area contributed by atoms with Crippen molar-refractivity contribution in [3.8, 4) is 0 Å². The van der Waals surface area contributed by atoms with Crippen LogP contribution in [0, 0.1) is 0 Å². The Morgan fingerprint density at radius 2 is 2.19 bits per heavy atom. The molecular weight excluding hydrogens is 202 g/mol. The van der Waals surface area contributed by atoms with Gasteiger partial charge in [0.15, 0.2) is 0 Å². The molecule has 2 N–H and O–H groups in total. The van der Waals surface area contributed by atoms with Crippen LogP contribution in [-0.2, 0) is 4.79 Å². The van der Waals surface area contributed by atoms with Gasteiger partial charge in [0.25, 0.3) is 0 Å². The van der Waals surface area contributed by atoms with E-state index in [1.807, 2.05) is 0 Å². The predicted octanol–water partition coefficient (Wildman–Crippen LogP) is 0.585. The Morgan fingerprint density at radius 1 is 1.50 bits per heavy atom. The lowest BCUT2D eigenvalue weighted by molar-refractivity contribution is -0.120. The van der Waals surface area contributed by atoms with Crippen molar-refractivity contribution in [2.75, 3.05) is 26.7 Å². The van der Waals surface area contributed by atoms with Crippen LogP contribution >= 0.6 is 0 Å². The Hall–Kier alpha value is -0.610. The third-order valence-corrected chi connectivity index (χ3v) is 3.21. The van der Waals surface area contributed by atoms with Gasteiger partial charge in [-0.05, 0) is 33.2 Å². The van der Waals surface area contributed by atoms with Gasteiger partial charge in [-0.3, -0.25) is 4.79 Å². The van der Waals surface area contributed by atoms with Crippen LogP contribution in [-0.4, -0.2) is 49.6 Å². The minimum atomic E-state index is 0.133. The highest BCUT2D eigenvalue weighted by Gasteiger charge is 2.22. The molecule has 0 spiro atoms. The minimum Gasteiger partial charge on any atom is -0.352 e. The second-order valence-electron chi connectivity index (χ2n) is 4.76. The number of hydrogen-bond donors (Lipinski definition) is 2. The number of nitrogens with zero attached hydrogens (tertiary/aromatic N) is 1. The molecule has 1 saturated carbocycles. The summed E-state index contributed by atoms with van der Waals surface area (Å²) in [5, 5.41) is 6.14. The average Bonchev–Trinajstić information content (AvgIpc) is 3.06. The summed E-state index contributed by atoms with van der Waals surface area (Å²) < 4.78 is 0. The Kier molecular flexibility index (Phi) is 5.77. The molecule has 1 fully saturated rings. The summed E-state index contributed by atoms with van der Waals surface area (Å²) in [4.78, 5) is 13.7. The Bertz CT molecular complexity index is 216. The van der Waals surface area contributed by atoms with E-state index in [1.165, 1.54) is 6.42 Å². The molecule has 1 aliphatic rings. The van der Waals surface area contributed by atoms with Gasteiger partial charge in [-0.25, -0.2) is 0 Å². The molecule has 0 bridgehead atoms. The maximum absolute atomic E-state index is 11.3. The van der Waals surface area contributed by atoms with E-state index in [0.717, 1.165) is 25.9 Å². The van der Waals surface area contributed by atoms with Gasteiger partial charge in [0, 0.05) is 25.2 Å². The van der Waals surface area contributed by atoms with Crippen molar-refractivity contribution in [3.63, 3.8) is 0 Å². The lowest BCUT2D eigenvalue weighted by atomic mass is 10.2. The van der Waals surface area contributed by atoms with Crippen molar-refractivity contribution in [2.45, 2.75) is 45.2 Å². The van der Waals surface area contributed by atoms with Crippen LogP contribution in [0.3, 0.4) is 0 Å². The molecule has 1 atom stereocenters. The lowest BCUT2D eigenvalue weighted by Crippen LogP contribution is -2.39. The molecular formula is C12H25N3O. The summed E-state index contributed by atoms with van der Waals surface area (Å²) >= 11 is 0. The summed E-state index contributed by atoms with van der Waals surface area (Å²) in [6.45, 7) is 6.73. The van der Waals surface area contributed by atoms with Gasteiger partial charge >= 0.3 is 0 Å². The van der Waals surface area contributed by atoms with E-state index in [1.54, 1.807) is 0 Å². The zero-order valence-electron chi connectivity index (χ0n) is 10.8. The normalized spacial score (nSPS) is 17.5. The largest absolute Gasteiger partial charge is 0.352 e. The van der Waals surface area contributed by atoms with Crippen LogP contribution in [0.1, 0.15) is 33.1 Å². The third-order valence-electron chi connectivity index (χ3n) is 3.21. The molecule has 0 aliphatic heterocycles. The molecule has 1 rings (SSSR count). The van der Waals surface area contributed by atoms with Gasteiger partial charge in [0.1, 0.15) is 0 Å². The van der Waals surface area contributed by atoms with Crippen LogP contribution < -0.4 is 10.6 Å². The first-order valence-corrected chi connectivity index (χ1v) is 6.33. The van der Waals surface area contributed by atoms with E-state index in [4.69, 9.17) is 0 Å². The van der Waals surface area contributed by atoms with Crippen molar-refractivity contribution < 1.29 is 4.79 Å². The molecule has 0 heterocycles. The summed E-state index contributed by atoms with van der Waals surface area (Å²) in [6.07, 6.45) is 3.48. The number of carbonyl (C=O) groups excluding carboxylic acids is 1. The highest BCUT2D eigenvalue weighted by atomic mass is 16.2. The molecule has 16 heavy (non-hydrogen) atoms. The molecule has 0 saturated heterocycles. The number of nitrogens with one attached hydrogen (secondary N) is 2. The summed E-state index contributed by atoms with van der Waals surface area (Å²) in [5.41, 5.74) is 0. The van der Waals surface area contributed by atoms with Gasteiger partial charge in [0.05, 0.1) is 6.54 Å². The number of hydrogen-bond acceptors (Lipinski definition) is 3. The van der Waals surface area contributed by atoms with Crippen LogP contribution in [0.5, 0.6) is 0 Å². The summed E-state index contributed by atoms with van der Waals surface area (Å²) in [6, 6.07) is 1.08. The SMILES string of the molecule is CCC(C)N(C)CCNCC(=O)NC1CC1. The number of rotatable bonds is 8. The molecule has 0 aromatic carbocycles. The fourth-order valence-corrected chi connectivity index (χ4v) is 1.50. The van der Waals surface area contributed by atoms with Gasteiger partial charge in [-0.2, -0.15) is 0 Å². The zero-order chi connectivity index (χ0) is 12.0. The van der Waals surface area contributed by atoms with E-state index < -0.39 is 0 Å². The molecule has 4 nitrogen and oxygen atoms in total. The topological polar surface area (TPSA) is 44.4 Å². The lowest BCUT2D eigenvalue weighted by Gasteiger charge is -2.23. The molecule has 94 valence electrons. The molecule has 4 heteroatoms. The standard InChI is InChI=1S/C12H25N3O/c1-4-10(2)15(3)8-7-13-9-12(16)14-11-5-6-11/h10-11,13H,4-9H2,1-3H3,(H,14,16). The Balaban J connectivity index is 1.95. The zero-order valence-corrected chi connectivity index (χ0v) is 10.8. The maximum Gasteiger partial charge on any atom is 0.234 e. The quantitative estimate of drug-likeness (QED) is 0.596. The average molecular weight is 227 g/mol. The smallest absolute Gasteiger partial charge is 0.234 e. The molecule has 0 aromatic rings. The van der Waals surface area contributed by atoms with Crippen molar-refractivity contribution in [2.24, 2.45) is 0 Å². The van der Waals surface area contributed by atoms with Gasteiger partial charge < -0.3 is 15.5 Å². The summed E-state index contributed by atoms with van der Waals surface area (Å²) in [7, 11) is 2.13. The fraction of sp³-hybridized carbons (Fsp3) is 0.917. The molecule has 1 aliphatic carbocycles. The van der Waals surface area contributed by atoms with E-state index in [-0.39, 0.29) is 5.91 Å². The van der Waals surface area contributed by atoms with Crippen LogP contribution in [0.25, 0.3) is 0 Å². The monoisotopic (exact) mass is 227 g/mol. The van der Waals surface area contributed by atoms with Crippen molar-refractivity contribution in [3.05, 3.63) is 0 Å². The first-order valence-electron chi connectivity index (χ1n) is 6.33. The highest BCUT2D eigenvalue weighted by Crippen LogP contribution is 2.18. The predicted molar refractivity (Wildman–Crippen MR) is 66.4 cm³/mol. The summed E-state index contributed by atoms with van der Waals surface area (Å²) in [5.74, 6) is 0.133. The van der Waals surface area contributed by atoms with Gasteiger partial charge in [-0.1, -0.05) is 6.92 Å². The second kappa shape index (κ2) is 6.86. The Labute approximate surface area is 98.8 Å². The first-order chi connectivity index (χ1) is 7.63. The maximum atomic E-state index is 11.3. The van der Waals surface area contributed by atoms with E-state index in [2.05, 4.69) is 36.4 Å². The van der Waals surface area contributed by atoms with Crippen molar-refractivity contribution in [1.29, 1.82) is 0 Å². The highest BCUT2D eigenvalue weighted by molar-refractivity contribution is 5.78. The number of carbonyl (C=O) groups is 1. The van der Waals surface area contributed by atoms with E-state index in [0.29, 0.717) is 18.6 Å². The van der Waals surface area contributed by atoms with Gasteiger partial charge in [0.2, 0.25) is 5.91 Å². The second-order valence-corrected chi connectivity index (χ2v) is 4.76. The first kappa shape index (κ1) is 13.5.